The summed E-state index contributed by atoms with van der Waals surface area (Å²) in [5.41, 5.74) is 1.20. The predicted octanol–water partition coefficient (Wildman–Crippen LogP) is 2.70. The Labute approximate surface area is 128 Å². The third-order valence-electron chi connectivity index (χ3n) is 4.03. The minimum absolute atomic E-state index is 0.277. The van der Waals surface area contributed by atoms with Crippen molar-refractivity contribution >= 4 is 0 Å². The minimum Gasteiger partial charge on any atom is -0.497 e. The highest BCUT2D eigenvalue weighted by Crippen LogP contribution is 2.32. The van der Waals surface area contributed by atoms with Gasteiger partial charge in [-0.3, -0.25) is 0 Å². The quantitative estimate of drug-likeness (QED) is 0.759. The molecule has 1 aromatic rings. The SMILES string of the molecule is CCNC(CN(C)CC1CC1)c1ccc(OC)cc1OC. The summed E-state index contributed by atoms with van der Waals surface area (Å²) in [5, 5.41) is 3.57. The van der Waals surface area contributed by atoms with Gasteiger partial charge in [0.25, 0.3) is 0 Å². The maximum atomic E-state index is 5.55. The number of hydrogen-bond acceptors (Lipinski definition) is 4. The van der Waals surface area contributed by atoms with E-state index in [2.05, 4.69) is 30.3 Å². The lowest BCUT2D eigenvalue weighted by molar-refractivity contribution is 0.277. The van der Waals surface area contributed by atoms with E-state index >= 15 is 0 Å². The smallest absolute Gasteiger partial charge is 0.127 e. The van der Waals surface area contributed by atoms with E-state index < -0.39 is 0 Å². The van der Waals surface area contributed by atoms with E-state index in [1.807, 2.05) is 12.1 Å². The highest BCUT2D eigenvalue weighted by atomic mass is 16.5. The Morgan fingerprint density at radius 2 is 2.05 bits per heavy atom. The summed E-state index contributed by atoms with van der Waals surface area (Å²) in [6.07, 6.45) is 2.78. The summed E-state index contributed by atoms with van der Waals surface area (Å²) < 4.78 is 10.8. The van der Waals surface area contributed by atoms with Gasteiger partial charge in [-0.1, -0.05) is 13.0 Å². The van der Waals surface area contributed by atoms with E-state index in [0.29, 0.717) is 0 Å². The van der Waals surface area contributed by atoms with Crippen LogP contribution in [0.25, 0.3) is 0 Å². The molecule has 1 aromatic carbocycles. The van der Waals surface area contributed by atoms with Crippen LogP contribution < -0.4 is 14.8 Å². The molecular weight excluding hydrogens is 264 g/mol. The molecule has 1 atom stereocenters. The molecule has 0 aliphatic heterocycles. The lowest BCUT2D eigenvalue weighted by Crippen LogP contribution is -2.34. The van der Waals surface area contributed by atoms with Crippen molar-refractivity contribution in [3.8, 4) is 11.5 Å². The number of rotatable bonds is 9. The Bertz CT molecular complexity index is 446. The number of nitrogens with one attached hydrogen (secondary N) is 1. The molecule has 4 heteroatoms. The summed E-state index contributed by atoms with van der Waals surface area (Å²) in [7, 11) is 5.60. The van der Waals surface area contributed by atoms with Gasteiger partial charge >= 0.3 is 0 Å². The van der Waals surface area contributed by atoms with E-state index in [-0.39, 0.29) is 6.04 Å². The molecule has 0 heterocycles. The third kappa shape index (κ3) is 4.61. The van der Waals surface area contributed by atoms with E-state index in [1.54, 1.807) is 14.2 Å². The number of likely N-dealkylation sites (N-methyl/N-ethyl adjacent to an activating group) is 2. The van der Waals surface area contributed by atoms with Crippen LogP contribution in [0.15, 0.2) is 18.2 Å². The number of ether oxygens (including phenoxy) is 2. The monoisotopic (exact) mass is 292 g/mol. The number of nitrogens with zero attached hydrogens (tertiary/aromatic N) is 1. The van der Waals surface area contributed by atoms with Gasteiger partial charge in [-0.2, -0.15) is 0 Å². The molecule has 4 nitrogen and oxygen atoms in total. The third-order valence-corrected chi connectivity index (χ3v) is 4.03. The zero-order chi connectivity index (χ0) is 15.2. The van der Waals surface area contributed by atoms with Crippen LogP contribution in [0.1, 0.15) is 31.4 Å². The van der Waals surface area contributed by atoms with Crippen molar-refractivity contribution in [2.75, 3.05) is 40.9 Å². The largest absolute Gasteiger partial charge is 0.497 e. The van der Waals surface area contributed by atoms with Gasteiger partial charge in [-0.05, 0) is 38.4 Å². The fourth-order valence-electron chi connectivity index (χ4n) is 2.75. The van der Waals surface area contributed by atoms with Gasteiger partial charge in [0.2, 0.25) is 0 Å². The first kappa shape index (κ1) is 16.1. The summed E-state index contributed by atoms with van der Waals surface area (Å²) in [6.45, 7) is 5.27. The average Bonchev–Trinajstić information content (AvgIpc) is 3.30. The second kappa shape index (κ2) is 7.66. The van der Waals surface area contributed by atoms with Crippen LogP contribution in [0.2, 0.25) is 0 Å². The summed E-state index contributed by atoms with van der Waals surface area (Å²) >= 11 is 0. The van der Waals surface area contributed by atoms with Gasteiger partial charge in [-0.15, -0.1) is 0 Å². The molecule has 1 saturated carbocycles. The Kier molecular flexibility index (Phi) is 5.88. The summed E-state index contributed by atoms with van der Waals surface area (Å²) in [4.78, 5) is 2.43. The molecule has 0 spiro atoms. The lowest BCUT2D eigenvalue weighted by Gasteiger charge is -2.26. The second-order valence-corrected chi connectivity index (χ2v) is 5.88. The van der Waals surface area contributed by atoms with Gasteiger partial charge in [-0.25, -0.2) is 0 Å². The van der Waals surface area contributed by atoms with E-state index in [9.17, 15) is 0 Å². The van der Waals surface area contributed by atoms with Crippen molar-refractivity contribution in [3.63, 3.8) is 0 Å². The molecule has 1 aliphatic rings. The molecule has 1 aliphatic carbocycles. The topological polar surface area (TPSA) is 33.7 Å². The Hall–Kier alpha value is -1.26. The first-order valence-corrected chi connectivity index (χ1v) is 7.81. The molecule has 1 fully saturated rings. The van der Waals surface area contributed by atoms with Crippen LogP contribution >= 0.6 is 0 Å². The van der Waals surface area contributed by atoms with Crippen molar-refractivity contribution in [1.29, 1.82) is 0 Å². The summed E-state index contributed by atoms with van der Waals surface area (Å²) in [6, 6.07) is 6.35. The molecule has 1 unspecified atom stereocenters. The van der Waals surface area contributed by atoms with Crippen LogP contribution in [-0.4, -0.2) is 45.8 Å². The van der Waals surface area contributed by atoms with Gasteiger partial charge in [0, 0.05) is 30.8 Å². The van der Waals surface area contributed by atoms with Gasteiger partial charge in [0.15, 0.2) is 0 Å². The molecule has 2 rings (SSSR count). The highest BCUT2D eigenvalue weighted by molar-refractivity contribution is 5.42. The van der Waals surface area contributed by atoms with Crippen LogP contribution in [0.3, 0.4) is 0 Å². The highest BCUT2D eigenvalue weighted by Gasteiger charge is 2.25. The Morgan fingerprint density at radius 3 is 2.62 bits per heavy atom. The Morgan fingerprint density at radius 1 is 1.29 bits per heavy atom. The van der Waals surface area contributed by atoms with Gasteiger partial charge in [0.1, 0.15) is 11.5 Å². The molecular formula is C17H28N2O2. The van der Waals surface area contributed by atoms with Gasteiger partial charge < -0.3 is 19.7 Å². The first-order valence-electron chi connectivity index (χ1n) is 7.81. The number of methoxy groups -OCH3 is 2. The van der Waals surface area contributed by atoms with E-state index in [1.165, 1.54) is 24.9 Å². The predicted molar refractivity (Wildman–Crippen MR) is 86.2 cm³/mol. The molecule has 0 bridgehead atoms. The van der Waals surface area contributed by atoms with Crippen LogP contribution in [0, 0.1) is 5.92 Å². The molecule has 0 saturated heterocycles. The molecule has 0 radical (unpaired) electrons. The van der Waals surface area contributed by atoms with Crippen LogP contribution in [0.5, 0.6) is 11.5 Å². The van der Waals surface area contributed by atoms with Crippen molar-refractivity contribution in [2.45, 2.75) is 25.8 Å². The van der Waals surface area contributed by atoms with Crippen molar-refractivity contribution < 1.29 is 9.47 Å². The van der Waals surface area contributed by atoms with Gasteiger partial charge in [0.05, 0.1) is 14.2 Å². The fraction of sp³-hybridized carbons (Fsp3) is 0.647. The molecule has 21 heavy (non-hydrogen) atoms. The normalized spacial score (nSPS) is 16.0. The van der Waals surface area contributed by atoms with Crippen molar-refractivity contribution in [1.82, 2.24) is 10.2 Å². The van der Waals surface area contributed by atoms with Crippen molar-refractivity contribution in [2.24, 2.45) is 5.92 Å². The maximum Gasteiger partial charge on any atom is 0.127 e. The average molecular weight is 292 g/mol. The zero-order valence-corrected chi connectivity index (χ0v) is 13.7. The molecule has 0 aromatic heterocycles. The Balaban J connectivity index is 2.11. The van der Waals surface area contributed by atoms with Crippen LogP contribution in [-0.2, 0) is 0 Å². The molecule has 118 valence electrons. The standard InChI is InChI=1S/C17H28N2O2/c1-5-18-16(12-19(2)11-13-6-7-13)15-9-8-14(20-3)10-17(15)21-4/h8-10,13,16,18H,5-7,11-12H2,1-4H3. The van der Waals surface area contributed by atoms with E-state index in [0.717, 1.165) is 30.5 Å². The van der Waals surface area contributed by atoms with Crippen molar-refractivity contribution in [3.05, 3.63) is 23.8 Å². The zero-order valence-electron chi connectivity index (χ0n) is 13.7. The summed E-state index contributed by atoms with van der Waals surface area (Å²) in [5.74, 6) is 2.63. The van der Waals surface area contributed by atoms with Crippen LogP contribution in [0.4, 0.5) is 0 Å². The number of hydrogen-bond donors (Lipinski definition) is 1. The molecule has 0 amide bonds. The lowest BCUT2D eigenvalue weighted by atomic mass is 10.0. The fourth-order valence-corrected chi connectivity index (χ4v) is 2.75. The van der Waals surface area contributed by atoms with E-state index in [4.69, 9.17) is 9.47 Å². The maximum absolute atomic E-state index is 5.55. The molecule has 1 N–H and O–H groups in total. The number of benzene rings is 1. The minimum atomic E-state index is 0.277. The second-order valence-electron chi connectivity index (χ2n) is 5.88. The first-order chi connectivity index (χ1) is 10.2.